The lowest BCUT2D eigenvalue weighted by Crippen LogP contribution is -2.03. The zero-order valence-corrected chi connectivity index (χ0v) is 15.6. The first-order valence-electron chi connectivity index (χ1n) is 7.43. The van der Waals surface area contributed by atoms with Crippen molar-refractivity contribution >= 4 is 35.4 Å². The summed E-state index contributed by atoms with van der Waals surface area (Å²) >= 11 is 3.18. The van der Waals surface area contributed by atoms with Gasteiger partial charge < -0.3 is 4.74 Å². The Morgan fingerprint density at radius 2 is 1.58 bits per heavy atom. The summed E-state index contributed by atoms with van der Waals surface area (Å²) < 4.78 is 6.16. The van der Waals surface area contributed by atoms with Crippen molar-refractivity contribution in [1.82, 2.24) is 0 Å². The van der Waals surface area contributed by atoms with Crippen LogP contribution in [0.4, 0.5) is 0 Å². The van der Waals surface area contributed by atoms with Crippen LogP contribution >= 0.6 is 23.5 Å². The van der Waals surface area contributed by atoms with Gasteiger partial charge in [-0.2, -0.15) is 0 Å². The molecule has 0 saturated carbocycles. The summed E-state index contributed by atoms with van der Waals surface area (Å²) in [6, 6.07) is 17.2. The number of Topliss-reactive ketones (excluding diaryl/α,β-unsaturated/α-hetero) is 1. The number of thioether (sulfide) groups is 2. The van der Waals surface area contributed by atoms with Crippen LogP contribution < -0.4 is 4.74 Å². The summed E-state index contributed by atoms with van der Waals surface area (Å²) in [6.45, 7) is 0. The fourth-order valence-corrected chi connectivity index (χ4v) is 3.61. The molecule has 2 nitrogen and oxygen atoms in total. The Labute approximate surface area is 152 Å². The highest BCUT2D eigenvalue weighted by Crippen LogP contribution is 2.31. The van der Waals surface area contributed by atoms with Gasteiger partial charge in [0, 0.05) is 11.1 Å². The van der Waals surface area contributed by atoms with Gasteiger partial charge in [0.25, 0.3) is 0 Å². The van der Waals surface area contributed by atoms with E-state index in [0.29, 0.717) is 11.1 Å². The zero-order chi connectivity index (χ0) is 17.4. The van der Waals surface area contributed by atoms with Crippen LogP contribution in [0, 0.1) is 0 Å². The molecule has 0 N–H and O–H groups in total. The van der Waals surface area contributed by atoms with E-state index in [1.165, 1.54) is 0 Å². The van der Waals surface area contributed by atoms with Gasteiger partial charge in [-0.1, -0.05) is 36.4 Å². The summed E-state index contributed by atoms with van der Waals surface area (Å²) in [5, 5.41) is 0. The molecule has 24 heavy (non-hydrogen) atoms. The molecule has 0 atom stereocenters. The molecule has 2 aromatic rings. The second-order valence-corrected chi connectivity index (χ2v) is 6.80. The van der Waals surface area contributed by atoms with Gasteiger partial charge >= 0.3 is 0 Å². The molecule has 0 aliphatic heterocycles. The van der Waals surface area contributed by atoms with E-state index in [9.17, 15) is 4.79 Å². The second-order valence-electron chi connectivity index (χ2n) is 4.91. The fourth-order valence-electron chi connectivity index (χ4n) is 2.18. The molecule has 0 unspecified atom stereocenters. The monoisotopic (exact) mass is 356 g/mol. The largest absolute Gasteiger partial charge is 0.497 e. The smallest absolute Gasteiger partial charge is 0.194 e. The van der Waals surface area contributed by atoms with Crippen LogP contribution in [0.15, 0.2) is 70.5 Å². The lowest BCUT2D eigenvalue weighted by molar-refractivity contribution is 0.103. The molecule has 124 valence electrons. The second kappa shape index (κ2) is 9.40. The Morgan fingerprint density at radius 3 is 2.12 bits per heavy atom. The molecule has 0 fully saturated rings. The lowest BCUT2D eigenvalue weighted by atomic mass is 10.0. The number of rotatable bonds is 7. The van der Waals surface area contributed by atoms with Gasteiger partial charge in [-0.15, -0.1) is 23.5 Å². The van der Waals surface area contributed by atoms with Crippen molar-refractivity contribution < 1.29 is 9.53 Å². The summed E-state index contributed by atoms with van der Waals surface area (Å²) in [5.41, 5.74) is 2.44. The van der Waals surface area contributed by atoms with Crippen molar-refractivity contribution in [2.45, 2.75) is 0 Å². The minimum atomic E-state index is 0.0172. The molecule has 0 amide bonds. The standard InChI is InChI=1S/C20H20O2S2/c1-22-17-12-10-16(11-13-17)19(21)18(20(23-2)24-3)14-9-15-7-5-4-6-8-15/h4-14H,1-3H3/b14-9+. The Hall–Kier alpha value is -1.91. The number of ketones is 1. The van der Waals surface area contributed by atoms with Crippen molar-refractivity contribution in [3.63, 3.8) is 0 Å². The molecule has 0 aliphatic rings. The molecule has 4 heteroatoms. The van der Waals surface area contributed by atoms with E-state index in [2.05, 4.69) is 0 Å². The Kier molecular flexibility index (Phi) is 7.22. The number of hydrogen-bond acceptors (Lipinski definition) is 4. The van der Waals surface area contributed by atoms with E-state index in [0.717, 1.165) is 15.6 Å². The van der Waals surface area contributed by atoms with Crippen LogP contribution in [-0.4, -0.2) is 25.4 Å². The van der Waals surface area contributed by atoms with E-state index in [-0.39, 0.29) is 5.78 Å². The SMILES string of the molecule is COc1ccc(C(=O)C(/C=C/c2ccccc2)=C(SC)SC)cc1. The first-order valence-corrected chi connectivity index (χ1v) is 9.88. The lowest BCUT2D eigenvalue weighted by Gasteiger charge is -2.08. The quantitative estimate of drug-likeness (QED) is 0.370. The highest BCUT2D eigenvalue weighted by Gasteiger charge is 2.14. The van der Waals surface area contributed by atoms with E-state index in [4.69, 9.17) is 4.74 Å². The predicted molar refractivity (Wildman–Crippen MR) is 107 cm³/mol. The highest BCUT2D eigenvalue weighted by molar-refractivity contribution is 8.21. The minimum Gasteiger partial charge on any atom is -0.497 e. The molecular formula is C20H20O2S2. The number of benzene rings is 2. The third kappa shape index (κ3) is 4.79. The number of allylic oxidation sites excluding steroid dienone is 2. The van der Waals surface area contributed by atoms with Gasteiger partial charge in [-0.05, 0) is 48.4 Å². The Bertz CT molecular complexity index is 726. The molecule has 0 radical (unpaired) electrons. The molecular weight excluding hydrogens is 336 g/mol. The van der Waals surface area contributed by atoms with Gasteiger partial charge in [0.2, 0.25) is 0 Å². The van der Waals surface area contributed by atoms with Gasteiger partial charge in [0.05, 0.1) is 11.3 Å². The van der Waals surface area contributed by atoms with E-state index < -0.39 is 0 Å². The van der Waals surface area contributed by atoms with Crippen LogP contribution in [0.2, 0.25) is 0 Å². The van der Waals surface area contributed by atoms with Crippen LogP contribution in [0.3, 0.4) is 0 Å². The van der Waals surface area contributed by atoms with Crippen LogP contribution in [0.25, 0.3) is 6.08 Å². The van der Waals surface area contributed by atoms with Gasteiger partial charge in [0.15, 0.2) is 5.78 Å². The van der Waals surface area contributed by atoms with Crippen molar-refractivity contribution in [2.24, 2.45) is 0 Å². The first kappa shape index (κ1) is 18.4. The Balaban J connectivity index is 2.37. The molecule has 0 bridgehead atoms. The van der Waals surface area contributed by atoms with Crippen molar-refractivity contribution in [3.05, 3.63) is 81.6 Å². The van der Waals surface area contributed by atoms with Crippen LogP contribution in [0.1, 0.15) is 15.9 Å². The highest BCUT2D eigenvalue weighted by atomic mass is 32.2. The molecule has 2 rings (SSSR count). The molecule has 0 spiro atoms. The third-order valence-corrected chi connectivity index (χ3v) is 5.61. The summed E-state index contributed by atoms with van der Waals surface area (Å²) in [6.07, 6.45) is 7.86. The van der Waals surface area contributed by atoms with Crippen LogP contribution in [0.5, 0.6) is 5.75 Å². The first-order chi connectivity index (χ1) is 11.7. The minimum absolute atomic E-state index is 0.0172. The molecule has 0 heterocycles. The maximum absolute atomic E-state index is 12.9. The van der Waals surface area contributed by atoms with Crippen LogP contribution in [-0.2, 0) is 0 Å². The molecule has 2 aromatic carbocycles. The Morgan fingerprint density at radius 1 is 0.958 bits per heavy atom. The molecule has 0 saturated heterocycles. The average Bonchev–Trinajstić information content (AvgIpc) is 2.65. The summed E-state index contributed by atoms with van der Waals surface area (Å²) in [7, 11) is 1.62. The van der Waals surface area contributed by atoms with Crippen molar-refractivity contribution in [3.8, 4) is 5.75 Å². The topological polar surface area (TPSA) is 26.3 Å². The maximum Gasteiger partial charge on any atom is 0.194 e. The predicted octanol–water partition coefficient (Wildman–Crippen LogP) is 5.53. The number of hydrogen-bond donors (Lipinski definition) is 0. The zero-order valence-electron chi connectivity index (χ0n) is 14.0. The van der Waals surface area contributed by atoms with Crippen molar-refractivity contribution in [2.75, 3.05) is 19.6 Å². The summed E-state index contributed by atoms with van der Waals surface area (Å²) in [5.74, 6) is 0.760. The van der Waals surface area contributed by atoms with Gasteiger partial charge in [-0.25, -0.2) is 0 Å². The number of ether oxygens (including phenoxy) is 1. The number of carbonyl (C=O) groups excluding carboxylic acids is 1. The van der Waals surface area contributed by atoms with E-state index >= 15 is 0 Å². The third-order valence-electron chi connectivity index (χ3n) is 3.43. The van der Waals surface area contributed by atoms with Crippen molar-refractivity contribution in [1.29, 1.82) is 0 Å². The fraction of sp³-hybridized carbons (Fsp3) is 0.150. The number of methoxy groups -OCH3 is 1. The average molecular weight is 357 g/mol. The normalized spacial score (nSPS) is 10.6. The molecule has 0 aliphatic carbocycles. The summed E-state index contributed by atoms with van der Waals surface area (Å²) in [4.78, 5) is 12.9. The molecule has 0 aromatic heterocycles. The van der Waals surface area contributed by atoms with Gasteiger partial charge in [0.1, 0.15) is 5.75 Å². The van der Waals surface area contributed by atoms with E-state index in [1.54, 1.807) is 42.8 Å². The maximum atomic E-state index is 12.9. The van der Waals surface area contributed by atoms with E-state index in [1.807, 2.05) is 67.1 Å². The van der Waals surface area contributed by atoms with Gasteiger partial charge in [-0.3, -0.25) is 4.79 Å². The number of carbonyl (C=O) groups is 1.